The summed E-state index contributed by atoms with van der Waals surface area (Å²) in [6.07, 6.45) is 4.54. The minimum Gasteiger partial charge on any atom is -0.459 e. The van der Waals surface area contributed by atoms with E-state index in [1.807, 2.05) is 24.3 Å². The van der Waals surface area contributed by atoms with Gasteiger partial charge in [-0.15, -0.1) is 0 Å². The molecule has 0 radical (unpaired) electrons. The molecule has 4 nitrogen and oxygen atoms in total. The van der Waals surface area contributed by atoms with Gasteiger partial charge in [0, 0.05) is 17.0 Å². The lowest BCUT2D eigenvalue weighted by atomic mass is 10.0. The predicted molar refractivity (Wildman–Crippen MR) is 79.5 cm³/mol. The zero-order valence-electron chi connectivity index (χ0n) is 11.3. The average molecular weight is 295 g/mol. The van der Waals surface area contributed by atoms with Crippen molar-refractivity contribution in [2.75, 3.05) is 6.61 Å². The Bertz CT molecular complexity index is 578. The molecule has 1 aliphatic rings. The van der Waals surface area contributed by atoms with Crippen LogP contribution in [0.5, 0.6) is 0 Å². The van der Waals surface area contributed by atoms with Gasteiger partial charge in [0.15, 0.2) is 0 Å². The summed E-state index contributed by atoms with van der Waals surface area (Å²) in [4.78, 5) is 0. The average Bonchev–Trinajstić information content (AvgIpc) is 2.88. The van der Waals surface area contributed by atoms with Crippen molar-refractivity contribution in [3.8, 4) is 0 Å². The van der Waals surface area contributed by atoms with Crippen LogP contribution in [-0.2, 0) is 4.74 Å². The highest BCUT2D eigenvalue weighted by molar-refractivity contribution is 6.31. The van der Waals surface area contributed by atoms with Crippen molar-refractivity contribution in [1.29, 1.82) is 0 Å². The van der Waals surface area contributed by atoms with Gasteiger partial charge in [-0.3, -0.25) is 5.84 Å². The van der Waals surface area contributed by atoms with Gasteiger partial charge in [0.05, 0.1) is 12.1 Å². The van der Waals surface area contributed by atoms with Gasteiger partial charge in [0.2, 0.25) is 0 Å². The first-order chi connectivity index (χ1) is 9.76. The molecule has 5 heteroatoms. The van der Waals surface area contributed by atoms with Crippen molar-refractivity contribution in [1.82, 2.24) is 5.43 Å². The van der Waals surface area contributed by atoms with E-state index in [1.165, 1.54) is 6.42 Å². The molecule has 20 heavy (non-hydrogen) atoms. The van der Waals surface area contributed by atoms with Crippen molar-refractivity contribution in [3.05, 3.63) is 35.0 Å². The second-order valence-electron chi connectivity index (χ2n) is 5.27. The summed E-state index contributed by atoms with van der Waals surface area (Å²) < 4.78 is 11.6. The van der Waals surface area contributed by atoms with E-state index in [0.717, 1.165) is 42.6 Å². The topological polar surface area (TPSA) is 60.4 Å². The second kappa shape index (κ2) is 6.14. The van der Waals surface area contributed by atoms with E-state index in [1.54, 1.807) is 0 Å². The molecule has 0 saturated carbocycles. The van der Waals surface area contributed by atoms with Crippen LogP contribution >= 0.6 is 11.6 Å². The van der Waals surface area contributed by atoms with Crippen LogP contribution in [0.1, 0.15) is 37.5 Å². The van der Waals surface area contributed by atoms with Crippen LogP contribution in [0.25, 0.3) is 11.0 Å². The Balaban J connectivity index is 1.79. The molecule has 3 N–H and O–H groups in total. The maximum absolute atomic E-state index is 6.00. The van der Waals surface area contributed by atoms with Crippen LogP contribution in [0, 0.1) is 0 Å². The summed E-state index contributed by atoms with van der Waals surface area (Å²) in [5.74, 6) is 6.51. The van der Waals surface area contributed by atoms with E-state index in [-0.39, 0.29) is 12.1 Å². The van der Waals surface area contributed by atoms with Crippen molar-refractivity contribution >= 4 is 22.6 Å². The molecule has 0 bridgehead atoms. The van der Waals surface area contributed by atoms with Crippen LogP contribution in [0.4, 0.5) is 0 Å². The number of nitrogens with one attached hydrogen (secondary N) is 1. The molecule has 0 spiro atoms. The van der Waals surface area contributed by atoms with Crippen LogP contribution < -0.4 is 11.3 Å². The number of nitrogens with two attached hydrogens (primary N) is 1. The second-order valence-corrected chi connectivity index (χ2v) is 5.71. The molecule has 1 saturated heterocycles. The van der Waals surface area contributed by atoms with E-state index in [2.05, 4.69) is 5.43 Å². The third-order valence-corrected chi connectivity index (χ3v) is 4.05. The molecular formula is C15H19ClN2O2. The third kappa shape index (κ3) is 2.99. The number of hydrazine groups is 1. The maximum Gasteiger partial charge on any atom is 0.134 e. The molecule has 0 amide bonds. The molecule has 1 fully saturated rings. The van der Waals surface area contributed by atoms with Gasteiger partial charge < -0.3 is 9.15 Å². The summed E-state index contributed by atoms with van der Waals surface area (Å²) >= 11 is 6.00. The zero-order chi connectivity index (χ0) is 13.9. The first kappa shape index (κ1) is 13.9. The van der Waals surface area contributed by atoms with Crippen molar-refractivity contribution in [3.63, 3.8) is 0 Å². The van der Waals surface area contributed by atoms with Gasteiger partial charge >= 0.3 is 0 Å². The molecule has 108 valence electrons. The number of rotatable bonds is 4. The van der Waals surface area contributed by atoms with E-state index >= 15 is 0 Å². The number of furan rings is 1. The van der Waals surface area contributed by atoms with E-state index in [9.17, 15) is 0 Å². The summed E-state index contributed by atoms with van der Waals surface area (Å²) in [7, 11) is 0. The Kier molecular flexibility index (Phi) is 4.27. The SMILES string of the molecule is NNC(CC1CCCCO1)c1cc2cc(Cl)ccc2o1. The minimum absolute atomic E-state index is 0.0377. The van der Waals surface area contributed by atoms with Gasteiger partial charge in [-0.05, 0) is 49.9 Å². The lowest BCUT2D eigenvalue weighted by Crippen LogP contribution is -2.32. The van der Waals surface area contributed by atoms with Crippen LogP contribution in [0.15, 0.2) is 28.7 Å². The minimum atomic E-state index is -0.0377. The molecule has 0 aliphatic carbocycles. The molecule has 1 aromatic heterocycles. The lowest BCUT2D eigenvalue weighted by molar-refractivity contribution is 0.00380. The fraction of sp³-hybridized carbons (Fsp3) is 0.467. The Morgan fingerprint density at radius 3 is 3.00 bits per heavy atom. The smallest absolute Gasteiger partial charge is 0.134 e. The first-order valence-corrected chi connectivity index (χ1v) is 7.41. The quantitative estimate of drug-likeness (QED) is 0.669. The molecular weight excluding hydrogens is 276 g/mol. The normalized spacial score (nSPS) is 21.2. The number of hydrogen-bond donors (Lipinski definition) is 2. The number of benzene rings is 1. The number of halogens is 1. The molecule has 2 heterocycles. The molecule has 2 unspecified atom stereocenters. The molecule has 2 atom stereocenters. The fourth-order valence-electron chi connectivity index (χ4n) is 2.73. The Labute approximate surface area is 123 Å². The van der Waals surface area contributed by atoms with E-state index < -0.39 is 0 Å². The lowest BCUT2D eigenvalue weighted by Gasteiger charge is -2.25. The van der Waals surface area contributed by atoms with Gasteiger partial charge in [-0.25, -0.2) is 5.43 Å². The van der Waals surface area contributed by atoms with Crippen molar-refractivity contribution in [2.24, 2.45) is 5.84 Å². The number of hydrogen-bond acceptors (Lipinski definition) is 4. The highest BCUT2D eigenvalue weighted by Gasteiger charge is 2.22. The van der Waals surface area contributed by atoms with Crippen LogP contribution in [0.2, 0.25) is 5.02 Å². The van der Waals surface area contributed by atoms with Crippen LogP contribution in [-0.4, -0.2) is 12.7 Å². The molecule has 3 rings (SSSR count). The van der Waals surface area contributed by atoms with Crippen molar-refractivity contribution < 1.29 is 9.15 Å². The van der Waals surface area contributed by atoms with Crippen LogP contribution in [0.3, 0.4) is 0 Å². The van der Waals surface area contributed by atoms with Gasteiger partial charge in [-0.1, -0.05) is 11.6 Å². The van der Waals surface area contributed by atoms with E-state index in [0.29, 0.717) is 5.02 Å². The largest absolute Gasteiger partial charge is 0.459 e. The Morgan fingerprint density at radius 2 is 2.25 bits per heavy atom. The van der Waals surface area contributed by atoms with E-state index in [4.69, 9.17) is 26.6 Å². The highest BCUT2D eigenvalue weighted by atomic mass is 35.5. The number of fused-ring (bicyclic) bond motifs is 1. The van der Waals surface area contributed by atoms with Crippen molar-refractivity contribution in [2.45, 2.75) is 37.8 Å². The third-order valence-electron chi connectivity index (χ3n) is 3.81. The summed E-state index contributed by atoms with van der Waals surface area (Å²) in [6.45, 7) is 0.845. The molecule has 1 aromatic carbocycles. The monoisotopic (exact) mass is 294 g/mol. The fourth-order valence-corrected chi connectivity index (χ4v) is 2.91. The molecule has 2 aromatic rings. The Hall–Kier alpha value is -1.07. The summed E-state index contributed by atoms with van der Waals surface area (Å²) in [5, 5.41) is 1.70. The zero-order valence-corrected chi connectivity index (χ0v) is 12.0. The highest BCUT2D eigenvalue weighted by Crippen LogP contribution is 2.30. The van der Waals surface area contributed by atoms with Gasteiger partial charge in [-0.2, -0.15) is 0 Å². The maximum atomic E-state index is 6.00. The predicted octanol–water partition coefficient (Wildman–Crippen LogP) is 3.55. The standard InChI is InChI=1S/C15H19ClN2O2/c16-11-4-5-14-10(7-11)8-15(20-14)13(18-17)9-12-3-1-2-6-19-12/h4-5,7-8,12-13,18H,1-3,6,9,17H2. The summed E-state index contributed by atoms with van der Waals surface area (Å²) in [6, 6.07) is 7.56. The Morgan fingerprint density at radius 1 is 1.35 bits per heavy atom. The van der Waals surface area contributed by atoms with Gasteiger partial charge in [0.1, 0.15) is 11.3 Å². The first-order valence-electron chi connectivity index (χ1n) is 7.03. The van der Waals surface area contributed by atoms with Gasteiger partial charge in [0.25, 0.3) is 0 Å². The summed E-state index contributed by atoms with van der Waals surface area (Å²) in [5.41, 5.74) is 3.66. The molecule has 1 aliphatic heterocycles. The number of ether oxygens (including phenoxy) is 1.